The highest BCUT2D eigenvalue weighted by molar-refractivity contribution is 5.98. The van der Waals surface area contributed by atoms with Gasteiger partial charge in [-0.3, -0.25) is 4.79 Å². The van der Waals surface area contributed by atoms with Crippen LogP contribution < -0.4 is 15.5 Å². The number of hydrogen-bond acceptors (Lipinski definition) is 4. The Morgan fingerprint density at radius 1 is 1.48 bits per heavy atom. The number of hydrogen-bond donors (Lipinski definition) is 2. The van der Waals surface area contributed by atoms with Crippen molar-refractivity contribution in [1.82, 2.24) is 10.3 Å². The minimum atomic E-state index is -0.266. The van der Waals surface area contributed by atoms with Crippen molar-refractivity contribution in [2.75, 3.05) is 36.4 Å². The molecular weight excluding hydrogens is 264 g/mol. The van der Waals surface area contributed by atoms with E-state index in [1.165, 1.54) is 12.8 Å². The molecule has 5 heteroatoms. The van der Waals surface area contributed by atoms with Crippen molar-refractivity contribution in [2.45, 2.75) is 32.6 Å². The second-order valence-electron chi connectivity index (χ2n) is 6.08. The lowest BCUT2D eigenvalue weighted by Crippen LogP contribution is -2.38. The van der Waals surface area contributed by atoms with Crippen molar-refractivity contribution < 1.29 is 4.79 Å². The predicted octanol–water partition coefficient (Wildman–Crippen LogP) is 2.01. The molecular formula is C16H24N4O. The highest BCUT2D eigenvalue weighted by Crippen LogP contribution is 2.33. The van der Waals surface area contributed by atoms with E-state index in [1.807, 2.05) is 12.1 Å². The molecule has 0 saturated carbocycles. The van der Waals surface area contributed by atoms with E-state index in [9.17, 15) is 4.79 Å². The normalized spacial score (nSPS) is 25.3. The highest BCUT2D eigenvalue weighted by Gasteiger charge is 2.39. The molecule has 3 heterocycles. The summed E-state index contributed by atoms with van der Waals surface area (Å²) in [6.07, 6.45) is 5.98. The Morgan fingerprint density at radius 3 is 2.95 bits per heavy atom. The van der Waals surface area contributed by atoms with Gasteiger partial charge >= 0.3 is 0 Å². The molecule has 3 rings (SSSR count). The molecule has 21 heavy (non-hydrogen) atoms. The van der Waals surface area contributed by atoms with Crippen molar-refractivity contribution in [3.05, 3.63) is 18.3 Å². The fraction of sp³-hybridized carbons (Fsp3) is 0.625. The lowest BCUT2D eigenvalue weighted by Gasteiger charge is -2.27. The third-order valence-corrected chi connectivity index (χ3v) is 4.84. The first kappa shape index (κ1) is 14.3. The van der Waals surface area contributed by atoms with E-state index in [1.54, 1.807) is 6.20 Å². The summed E-state index contributed by atoms with van der Waals surface area (Å²) in [4.78, 5) is 19.5. The molecule has 0 radical (unpaired) electrons. The van der Waals surface area contributed by atoms with Crippen LogP contribution in [0.5, 0.6) is 0 Å². The topological polar surface area (TPSA) is 57.3 Å². The van der Waals surface area contributed by atoms with Crippen LogP contribution >= 0.6 is 0 Å². The van der Waals surface area contributed by atoms with Gasteiger partial charge in [0.05, 0.1) is 11.1 Å². The number of nitrogens with zero attached hydrogens (tertiary/aromatic N) is 2. The molecule has 0 bridgehead atoms. The van der Waals surface area contributed by atoms with E-state index in [4.69, 9.17) is 0 Å². The van der Waals surface area contributed by atoms with E-state index < -0.39 is 0 Å². The molecule has 0 aromatic carbocycles. The number of nitrogens with one attached hydrogen (secondary N) is 2. The zero-order valence-electron chi connectivity index (χ0n) is 12.7. The van der Waals surface area contributed by atoms with Crippen LogP contribution in [0.3, 0.4) is 0 Å². The van der Waals surface area contributed by atoms with E-state index in [0.717, 1.165) is 50.5 Å². The highest BCUT2D eigenvalue weighted by atomic mass is 16.2. The Kier molecular flexibility index (Phi) is 4.10. The van der Waals surface area contributed by atoms with E-state index >= 15 is 0 Å². The first-order chi connectivity index (χ1) is 10.2. The fourth-order valence-corrected chi connectivity index (χ4v) is 3.33. The van der Waals surface area contributed by atoms with Crippen LogP contribution in [-0.2, 0) is 4.79 Å². The summed E-state index contributed by atoms with van der Waals surface area (Å²) in [7, 11) is 0. The zero-order valence-corrected chi connectivity index (χ0v) is 12.7. The van der Waals surface area contributed by atoms with Crippen molar-refractivity contribution in [2.24, 2.45) is 5.41 Å². The number of amides is 1. The van der Waals surface area contributed by atoms with Gasteiger partial charge in [0.25, 0.3) is 0 Å². The van der Waals surface area contributed by atoms with Gasteiger partial charge in [0.15, 0.2) is 5.82 Å². The number of carbonyl (C=O) groups is 1. The molecule has 2 aliphatic heterocycles. The minimum Gasteiger partial charge on any atom is -0.355 e. The molecule has 114 valence electrons. The third-order valence-electron chi connectivity index (χ3n) is 4.84. The van der Waals surface area contributed by atoms with Gasteiger partial charge in [-0.15, -0.1) is 0 Å². The molecule has 2 N–H and O–H groups in total. The monoisotopic (exact) mass is 288 g/mol. The van der Waals surface area contributed by atoms with Crippen molar-refractivity contribution >= 4 is 17.4 Å². The van der Waals surface area contributed by atoms with Crippen LogP contribution in [-0.4, -0.2) is 37.1 Å². The first-order valence-electron chi connectivity index (χ1n) is 7.97. The average Bonchev–Trinajstić information content (AvgIpc) is 3.20. The summed E-state index contributed by atoms with van der Waals surface area (Å²) in [6, 6.07) is 3.85. The van der Waals surface area contributed by atoms with Gasteiger partial charge in [0.2, 0.25) is 5.91 Å². The van der Waals surface area contributed by atoms with Crippen molar-refractivity contribution in [1.29, 1.82) is 0 Å². The van der Waals surface area contributed by atoms with Gasteiger partial charge in [-0.2, -0.15) is 0 Å². The summed E-state index contributed by atoms with van der Waals surface area (Å²) in [5.74, 6) is 1.05. The van der Waals surface area contributed by atoms with Crippen LogP contribution in [0, 0.1) is 5.41 Å². The van der Waals surface area contributed by atoms with Crippen LogP contribution in [0.15, 0.2) is 18.3 Å². The van der Waals surface area contributed by atoms with Gasteiger partial charge in [0.1, 0.15) is 0 Å². The standard InChI is InChI=1S/C16H24N4O/c1-2-16(7-9-17-12-16)15(21)19-13-6-5-8-18-14(13)20-10-3-4-11-20/h5-6,8,17H,2-4,7,9-12H2,1H3,(H,19,21). The molecule has 1 unspecified atom stereocenters. The van der Waals surface area contributed by atoms with Gasteiger partial charge in [-0.05, 0) is 44.4 Å². The Hall–Kier alpha value is -1.62. The second-order valence-corrected chi connectivity index (χ2v) is 6.08. The van der Waals surface area contributed by atoms with Crippen LogP contribution in [0.4, 0.5) is 11.5 Å². The lowest BCUT2D eigenvalue weighted by molar-refractivity contribution is -0.124. The zero-order chi connectivity index (χ0) is 14.7. The summed E-state index contributed by atoms with van der Waals surface area (Å²) in [6.45, 7) is 5.85. The molecule has 1 atom stereocenters. The molecule has 0 spiro atoms. The van der Waals surface area contributed by atoms with Crippen LogP contribution in [0.25, 0.3) is 0 Å². The van der Waals surface area contributed by atoms with E-state index in [-0.39, 0.29) is 11.3 Å². The smallest absolute Gasteiger partial charge is 0.232 e. The summed E-state index contributed by atoms with van der Waals surface area (Å²) in [5.41, 5.74) is 0.585. The number of rotatable bonds is 4. The molecule has 2 fully saturated rings. The summed E-state index contributed by atoms with van der Waals surface area (Å²) < 4.78 is 0. The maximum Gasteiger partial charge on any atom is 0.232 e. The fourth-order valence-electron chi connectivity index (χ4n) is 3.33. The Bertz CT molecular complexity index is 505. The molecule has 5 nitrogen and oxygen atoms in total. The Balaban J connectivity index is 1.79. The van der Waals surface area contributed by atoms with E-state index in [0.29, 0.717) is 0 Å². The van der Waals surface area contributed by atoms with Crippen molar-refractivity contribution in [3.63, 3.8) is 0 Å². The quantitative estimate of drug-likeness (QED) is 0.890. The average molecular weight is 288 g/mol. The molecule has 2 saturated heterocycles. The van der Waals surface area contributed by atoms with Gasteiger partial charge in [-0.1, -0.05) is 6.92 Å². The largest absolute Gasteiger partial charge is 0.355 e. The van der Waals surface area contributed by atoms with Crippen LogP contribution in [0.2, 0.25) is 0 Å². The van der Waals surface area contributed by atoms with Crippen molar-refractivity contribution in [3.8, 4) is 0 Å². The molecule has 1 aromatic rings. The maximum atomic E-state index is 12.7. The Morgan fingerprint density at radius 2 is 2.29 bits per heavy atom. The predicted molar refractivity (Wildman–Crippen MR) is 84.5 cm³/mol. The van der Waals surface area contributed by atoms with Gasteiger partial charge in [0, 0.05) is 25.8 Å². The summed E-state index contributed by atoms with van der Waals surface area (Å²) >= 11 is 0. The molecule has 2 aliphatic rings. The maximum absolute atomic E-state index is 12.7. The molecule has 1 aromatic heterocycles. The van der Waals surface area contributed by atoms with E-state index in [2.05, 4.69) is 27.4 Å². The third kappa shape index (κ3) is 2.75. The SMILES string of the molecule is CCC1(C(=O)Nc2cccnc2N2CCCC2)CCNC1. The first-order valence-corrected chi connectivity index (χ1v) is 7.97. The Labute approximate surface area is 126 Å². The number of carbonyl (C=O) groups excluding carboxylic acids is 1. The van der Waals surface area contributed by atoms with Crippen LogP contribution in [0.1, 0.15) is 32.6 Å². The number of aromatic nitrogens is 1. The summed E-state index contributed by atoms with van der Waals surface area (Å²) in [5, 5.41) is 6.45. The van der Waals surface area contributed by atoms with Gasteiger partial charge < -0.3 is 15.5 Å². The van der Waals surface area contributed by atoms with Gasteiger partial charge in [-0.25, -0.2) is 4.98 Å². The number of pyridine rings is 1. The molecule has 0 aliphatic carbocycles. The second kappa shape index (κ2) is 6.02. The minimum absolute atomic E-state index is 0.128. The molecule has 1 amide bonds. The lowest BCUT2D eigenvalue weighted by atomic mass is 9.83. The number of anilines is 2.